The van der Waals surface area contributed by atoms with Gasteiger partial charge in [0.15, 0.2) is 6.20 Å². The molecular weight excluding hydrogens is 318 g/mol. The van der Waals surface area contributed by atoms with Gasteiger partial charge in [-0.3, -0.25) is 9.69 Å². The van der Waals surface area contributed by atoms with Crippen LogP contribution in [0, 0.1) is 0 Å². The van der Waals surface area contributed by atoms with E-state index in [1.165, 1.54) is 16.7 Å². The number of carboxylic acids is 1. The number of nitrogens with zero attached hydrogens (tertiary/aromatic N) is 4. The Hall–Kier alpha value is -2.39. The van der Waals surface area contributed by atoms with Crippen molar-refractivity contribution in [2.45, 2.75) is 18.0 Å². The van der Waals surface area contributed by atoms with Gasteiger partial charge in [0, 0.05) is 17.4 Å². The summed E-state index contributed by atoms with van der Waals surface area (Å²) in [6.07, 6.45) is 5.28. The number of hydrogen-bond acceptors (Lipinski definition) is 6. The molecule has 4 rings (SSSR count). The quantitative estimate of drug-likeness (QED) is 0.508. The highest BCUT2D eigenvalue weighted by molar-refractivity contribution is 8.00. The zero-order valence-corrected chi connectivity index (χ0v) is 12.8. The molecule has 2 aliphatic rings. The summed E-state index contributed by atoms with van der Waals surface area (Å²) >= 11 is 1.48. The van der Waals surface area contributed by atoms with Gasteiger partial charge in [-0.15, -0.1) is 16.3 Å². The number of carbonyl (C=O) groups excluding carboxylic acids is 2. The zero-order valence-electron chi connectivity index (χ0n) is 12.0. The lowest BCUT2D eigenvalue weighted by Gasteiger charge is -2.49. The number of carboxylic acid groups (broad SMARTS) is 1. The van der Waals surface area contributed by atoms with Gasteiger partial charge < -0.3 is 15.6 Å². The Morgan fingerprint density at radius 3 is 3.17 bits per heavy atom. The topological polar surface area (TPSA) is 108 Å². The van der Waals surface area contributed by atoms with E-state index in [4.69, 9.17) is 5.73 Å². The summed E-state index contributed by atoms with van der Waals surface area (Å²) in [5, 5.41) is 15.4. The van der Waals surface area contributed by atoms with Crippen molar-refractivity contribution in [3.8, 4) is 0 Å². The zero-order chi connectivity index (χ0) is 16.1. The highest BCUT2D eigenvalue weighted by Gasteiger charge is 2.50. The fourth-order valence-corrected chi connectivity index (χ4v) is 4.25. The highest BCUT2D eigenvalue weighted by atomic mass is 32.2. The summed E-state index contributed by atoms with van der Waals surface area (Å²) in [6, 6.07) is 3.06. The minimum Gasteiger partial charge on any atom is -0.543 e. The lowest BCUT2D eigenvalue weighted by molar-refractivity contribution is -0.662. The molecule has 0 saturated carbocycles. The number of β-lactam (4-membered cyclic amide) rings is 1. The molecule has 0 unspecified atom stereocenters. The van der Waals surface area contributed by atoms with Crippen LogP contribution in [0.1, 0.15) is 0 Å². The van der Waals surface area contributed by atoms with Crippen molar-refractivity contribution in [2.24, 2.45) is 5.73 Å². The maximum Gasteiger partial charge on any atom is 0.307 e. The summed E-state index contributed by atoms with van der Waals surface area (Å²) in [4.78, 5) is 24.7. The van der Waals surface area contributed by atoms with Gasteiger partial charge in [0.25, 0.3) is 0 Å². The fourth-order valence-electron chi connectivity index (χ4n) is 2.97. The molecule has 8 nitrogen and oxygen atoms in total. The highest BCUT2D eigenvalue weighted by Crippen LogP contribution is 2.39. The third-order valence-electron chi connectivity index (χ3n) is 4.08. The third-order valence-corrected chi connectivity index (χ3v) is 5.44. The summed E-state index contributed by atoms with van der Waals surface area (Å²) in [6.45, 7) is 0.351. The molecular formula is C14H13N5O3S. The first-order chi connectivity index (χ1) is 11.1. The van der Waals surface area contributed by atoms with E-state index in [1.54, 1.807) is 16.9 Å². The smallest absolute Gasteiger partial charge is 0.307 e. The number of aliphatic carboxylic acids is 1. The van der Waals surface area contributed by atoms with E-state index in [9.17, 15) is 14.7 Å². The molecule has 23 heavy (non-hydrogen) atoms. The van der Waals surface area contributed by atoms with E-state index in [0.717, 1.165) is 5.65 Å². The summed E-state index contributed by atoms with van der Waals surface area (Å²) < 4.78 is 3.58. The van der Waals surface area contributed by atoms with Crippen LogP contribution in [0.2, 0.25) is 0 Å². The average Bonchev–Trinajstić information content (AvgIpc) is 2.96. The Morgan fingerprint density at radius 1 is 1.57 bits per heavy atom. The van der Waals surface area contributed by atoms with Gasteiger partial charge in [-0.2, -0.15) is 0 Å². The van der Waals surface area contributed by atoms with E-state index in [2.05, 4.69) is 5.10 Å². The molecule has 1 amide bonds. The Kier molecular flexibility index (Phi) is 3.13. The van der Waals surface area contributed by atoms with Crippen LogP contribution in [0.5, 0.6) is 0 Å². The number of aromatic nitrogens is 3. The van der Waals surface area contributed by atoms with Gasteiger partial charge >= 0.3 is 5.65 Å². The number of imidazole rings is 1. The number of thioether (sulfide) groups is 1. The molecule has 0 aliphatic carbocycles. The largest absolute Gasteiger partial charge is 0.543 e. The van der Waals surface area contributed by atoms with E-state index in [1.807, 2.05) is 22.9 Å². The molecule has 9 heteroatoms. The van der Waals surface area contributed by atoms with Crippen molar-refractivity contribution < 1.29 is 19.3 Å². The fraction of sp³-hybridized carbons (Fsp3) is 0.286. The van der Waals surface area contributed by atoms with Crippen LogP contribution in [0.25, 0.3) is 5.65 Å². The van der Waals surface area contributed by atoms with Gasteiger partial charge in [0.05, 0.1) is 17.9 Å². The van der Waals surface area contributed by atoms with E-state index < -0.39 is 12.0 Å². The van der Waals surface area contributed by atoms with Crippen molar-refractivity contribution in [2.75, 3.05) is 5.75 Å². The molecule has 118 valence electrons. The van der Waals surface area contributed by atoms with Gasteiger partial charge in [0.2, 0.25) is 5.91 Å². The van der Waals surface area contributed by atoms with Crippen LogP contribution in [-0.4, -0.2) is 43.6 Å². The van der Waals surface area contributed by atoms with E-state index >= 15 is 0 Å². The predicted octanol–water partition coefficient (Wildman–Crippen LogP) is -2.13. The van der Waals surface area contributed by atoms with Crippen LogP contribution in [0.15, 0.2) is 42.0 Å². The normalized spacial score (nSPS) is 23.9. The lowest BCUT2D eigenvalue weighted by Crippen LogP contribution is -2.69. The molecule has 2 aromatic rings. The summed E-state index contributed by atoms with van der Waals surface area (Å²) in [5.41, 5.74) is 7.15. The first-order valence-corrected chi connectivity index (χ1v) is 8.08. The molecule has 2 atom stereocenters. The van der Waals surface area contributed by atoms with Gasteiger partial charge in [-0.25, -0.2) is 4.57 Å². The predicted molar refractivity (Wildman–Crippen MR) is 78.5 cm³/mol. The van der Waals surface area contributed by atoms with E-state index in [-0.39, 0.29) is 17.0 Å². The number of amides is 1. The number of fused-ring (bicyclic) bond motifs is 2. The number of carbonyl (C=O) groups is 2. The first kappa shape index (κ1) is 14.2. The minimum atomic E-state index is -1.34. The third kappa shape index (κ3) is 2.04. The molecule has 2 aromatic heterocycles. The van der Waals surface area contributed by atoms with Crippen molar-refractivity contribution in [1.29, 1.82) is 0 Å². The number of hydrogen-bond donors (Lipinski definition) is 1. The lowest BCUT2D eigenvalue weighted by atomic mass is 10.0. The number of nitrogens with two attached hydrogens (primary N) is 1. The van der Waals surface area contributed by atoms with Crippen LogP contribution in [0.4, 0.5) is 0 Å². The van der Waals surface area contributed by atoms with Crippen LogP contribution in [-0.2, 0) is 16.1 Å². The Bertz CT molecular complexity index is 861. The average molecular weight is 331 g/mol. The maximum atomic E-state index is 11.9. The molecule has 2 N–H and O–H groups in total. The second kappa shape index (κ2) is 5.07. The van der Waals surface area contributed by atoms with Crippen molar-refractivity contribution in [3.05, 3.63) is 42.0 Å². The molecule has 1 fully saturated rings. The molecule has 1 saturated heterocycles. The van der Waals surface area contributed by atoms with Crippen molar-refractivity contribution >= 4 is 29.3 Å². The molecule has 0 aromatic carbocycles. The standard InChI is InChI=1S/C14H13N5O3S/c15-10-12(20)19-11(14(21)22)8(7-23-13(10)19)6-17-4-5-18-9(17)2-1-3-16-18/h1-5,10,13H,6-7,15H2/t10-,13-/m1/s1. The van der Waals surface area contributed by atoms with Gasteiger partial charge in [0.1, 0.15) is 24.2 Å². The molecule has 0 radical (unpaired) electrons. The Balaban J connectivity index is 1.74. The molecule has 0 bridgehead atoms. The first-order valence-electron chi connectivity index (χ1n) is 7.03. The molecule has 2 aliphatic heterocycles. The van der Waals surface area contributed by atoms with Crippen LogP contribution < -0.4 is 15.4 Å². The van der Waals surface area contributed by atoms with E-state index in [0.29, 0.717) is 17.9 Å². The van der Waals surface area contributed by atoms with Crippen molar-refractivity contribution in [3.63, 3.8) is 0 Å². The van der Waals surface area contributed by atoms with Crippen molar-refractivity contribution in [1.82, 2.24) is 14.5 Å². The monoisotopic (exact) mass is 331 g/mol. The maximum absolute atomic E-state index is 11.9. The van der Waals surface area contributed by atoms with Crippen LogP contribution >= 0.6 is 11.8 Å². The van der Waals surface area contributed by atoms with Gasteiger partial charge in [-0.1, -0.05) is 5.10 Å². The second-order valence-corrected chi connectivity index (χ2v) is 6.53. The Morgan fingerprint density at radius 2 is 2.39 bits per heavy atom. The Labute approximate surface area is 135 Å². The second-order valence-electron chi connectivity index (χ2n) is 5.43. The summed E-state index contributed by atoms with van der Waals surface area (Å²) in [5.74, 6) is -1.21. The SMILES string of the molecule is N[C@@H]1C(=O)N2C(C(=O)[O-])=C(C[n+]3ccn4ncccc43)CS[C@H]12. The summed E-state index contributed by atoms with van der Waals surface area (Å²) in [7, 11) is 0. The van der Waals surface area contributed by atoms with Gasteiger partial charge in [-0.05, 0) is 6.07 Å². The molecule has 0 spiro atoms. The minimum absolute atomic E-state index is 0.0452. The molecule has 4 heterocycles. The van der Waals surface area contributed by atoms with Crippen LogP contribution in [0.3, 0.4) is 0 Å². The number of rotatable bonds is 3.